The molecule has 1 aliphatic carbocycles. The van der Waals surface area contributed by atoms with Gasteiger partial charge in [0.25, 0.3) is 12.3 Å². The number of pyridine rings is 1. The third-order valence-corrected chi connectivity index (χ3v) is 7.29. The van der Waals surface area contributed by atoms with Crippen LogP contribution in [0.15, 0.2) is 24.3 Å². The fraction of sp³-hybridized carbons (Fsp3) is 0.464. The molecule has 1 saturated carbocycles. The summed E-state index contributed by atoms with van der Waals surface area (Å²) in [7, 11) is 1.36. The van der Waals surface area contributed by atoms with Crippen LogP contribution in [0.25, 0.3) is 11.2 Å². The molecule has 0 saturated heterocycles. The fourth-order valence-corrected chi connectivity index (χ4v) is 4.96. The number of alkyl halides is 8. The molecular weight excluding hydrogens is 634 g/mol. The highest BCUT2D eigenvalue weighted by atomic mass is 19.4. The Balaban J connectivity index is 1.64. The Labute approximate surface area is 256 Å². The summed E-state index contributed by atoms with van der Waals surface area (Å²) in [6, 6.07) is 5.20. The topological polar surface area (TPSA) is 134 Å². The highest BCUT2D eigenvalue weighted by molar-refractivity contribution is 5.99. The highest BCUT2D eigenvalue weighted by Gasteiger charge is 2.41. The van der Waals surface area contributed by atoms with E-state index in [-0.39, 0.29) is 60.5 Å². The zero-order chi connectivity index (χ0) is 33.8. The summed E-state index contributed by atoms with van der Waals surface area (Å²) in [6.45, 7) is -1.33. The third-order valence-electron chi connectivity index (χ3n) is 7.29. The predicted molar refractivity (Wildman–Crippen MR) is 146 cm³/mol. The van der Waals surface area contributed by atoms with E-state index >= 15 is 0 Å². The quantitative estimate of drug-likeness (QED) is 0.236. The number of rotatable bonds is 10. The number of nitrogens with zero attached hydrogens (tertiary/aromatic N) is 4. The summed E-state index contributed by atoms with van der Waals surface area (Å²) in [5, 5.41) is 16.2. The smallest absolute Gasteiger partial charge is 0.418 e. The number of aromatic nitrogens is 3. The van der Waals surface area contributed by atoms with Crippen molar-refractivity contribution in [1.29, 1.82) is 5.26 Å². The van der Waals surface area contributed by atoms with Gasteiger partial charge in [-0.1, -0.05) is 6.07 Å². The molecule has 2 aromatic heterocycles. The molecular formula is C28H27F8N7O3. The number of hydrogen-bond acceptors (Lipinski definition) is 7. The molecule has 0 spiro atoms. The number of carbonyl (C=O) groups is 2. The van der Waals surface area contributed by atoms with Gasteiger partial charge in [-0.05, 0) is 49.4 Å². The van der Waals surface area contributed by atoms with E-state index in [9.17, 15) is 44.7 Å². The average Bonchev–Trinajstić information content (AvgIpc) is 3.27. The Hall–Kier alpha value is -4.69. The number of hydrogen-bond donors (Lipinski definition) is 3. The lowest BCUT2D eigenvalue weighted by Gasteiger charge is -2.30. The van der Waals surface area contributed by atoms with Crippen molar-refractivity contribution in [2.45, 2.75) is 63.5 Å². The van der Waals surface area contributed by atoms with Crippen molar-refractivity contribution in [1.82, 2.24) is 25.2 Å². The van der Waals surface area contributed by atoms with Crippen molar-refractivity contribution < 1.29 is 49.4 Å². The first-order valence-corrected chi connectivity index (χ1v) is 13.8. The molecule has 18 heteroatoms. The molecule has 1 fully saturated rings. The Morgan fingerprint density at radius 1 is 1.09 bits per heavy atom. The van der Waals surface area contributed by atoms with E-state index in [0.29, 0.717) is 0 Å². The van der Waals surface area contributed by atoms with Gasteiger partial charge in [-0.15, -0.1) is 0 Å². The van der Waals surface area contributed by atoms with Gasteiger partial charge in [0.15, 0.2) is 12.3 Å². The fourth-order valence-electron chi connectivity index (χ4n) is 4.96. The number of halogens is 8. The molecule has 2 amide bonds. The lowest BCUT2D eigenvalue weighted by atomic mass is 9.85. The number of amides is 2. The number of nitriles is 1. The summed E-state index contributed by atoms with van der Waals surface area (Å²) in [6.07, 6.45) is -12.9. The minimum Gasteiger partial charge on any atom is -0.471 e. The number of benzene rings is 1. The van der Waals surface area contributed by atoms with Crippen molar-refractivity contribution in [3.63, 3.8) is 0 Å². The average molecular weight is 662 g/mol. The zero-order valence-corrected chi connectivity index (χ0v) is 24.0. The van der Waals surface area contributed by atoms with Gasteiger partial charge in [0.05, 0.1) is 23.2 Å². The van der Waals surface area contributed by atoms with Gasteiger partial charge in [0.2, 0.25) is 17.7 Å². The lowest BCUT2D eigenvalue weighted by molar-refractivity contribution is -0.182. The van der Waals surface area contributed by atoms with Crippen LogP contribution in [0.3, 0.4) is 0 Å². The molecule has 3 aromatic rings. The molecule has 0 atom stereocenters. The summed E-state index contributed by atoms with van der Waals surface area (Å²) in [5.41, 5.74) is -1.72. The van der Waals surface area contributed by atoms with Crippen molar-refractivity contribution in [2.24, 2.45) is 13.0 Å². The molecule has 2 heterocycles. The number of carbonyl (C=O) groups excluding carboxylic acids is 2. The van der Waals surface area contributed by atoms with Crippen LogP contribution in [-0.4, -0.2) is 51.6 Å². The van der Waals surface area contributed by atoms with Crippen molar-refractivity contribution >= 4 is 34.6 Å². The number of ether oxygens (including phenoxy) is 1. The van der Waals surface area contributed by atoms with E-state index in [2.05, 4.69) is 25.9 Å². The van der Waals surface area contributed by atoms with Crippen molar-refractivity contribution in [3.8, 4) is 11.9 Å². The van der Waals surface area contributed by atoms with Gasteiger partial charge < -0.3 is 20.7 Å². The maximum Gasteiger partial charge on any atom is 0.418 e. The zero-order valence-electron chi connectivity index (χ0n) is 24.0. The molecule has 3 N–H and O–H groups in total. The maximum atomic E-state index is 13.9. The van der Waals surface area contributed by atoms with E-state index < -0.39 is 72.7 Å². The van der Waals surface area contributed by atoms with Crippen molar-refractivity contribution in [2.75, 3.05) is 11.9 Å². The second-order valence-electron chi connectivity index (χ2n) is 10.6. The minimum absolute atomic E-state index is 0.0269. The van der Waals surface area contributed by atoms with E-state index in [1.807, 2.05) is 0 Å². The monoisotopic (exact) mass is 661 g/mol. The van der Waals surface area contributed by atoms with Crippen LogP contribution in [-0.2, 0) is 24.6 Å². The van der Waals surface area contributed by atoms with E-state index in [1.165, 1.54) is 11.6 Å². The first kappa shape index (κ1) is 34.2. The van der Waals surface area contributed by atoms with Gasteiger partial charge in [0, 0.05) is 19.6 Å². The summed E-state index contributed by atoms with van der Waals surface area (Å²) >= 11 is 0. The molecule has 4 rings (SSSR count). The summed E-state index contributed by atoms with van der Waals surface area (Å²) in [5.74, 6) is -3.71. The molecule has 0 aliphatic heterocycles. The summed E-state index contributed by atoms with van der Waals surface area (Å²) in [4.78, 5) is 33.2. The van der Waals surface area contributed by atoms with E-state index in [0.717, 1.165) is 24.3 Å². The molecule has 0 unspecified atom stereocenters. The Kier molecular flexibility index (Phi) is 10.2. The Morgan fingerprint density at radius 3 is 2.39 bits per heavy atom. The number of anilines is 2. The minimum atomic E-state index is -4.81. The van der Waals surface area contributed by atoms with Crippen LogP contribution in [0.4, 0.5) is 46.8 Å². The summed E-state index contributed by atoms with van der Waals surface area (Å²) < 4.78 is 113. The normalized spacial score (nSPS) is 17.1. The first-order valence-electron chi connectivity index (χ1n) is 13.8. The molecule has 1 aromatic carbocycles. The standard InChI is InChI=1S/C28H27F8N7O3/c1-43-23-20(41-26(43)40-19-10-14(12-38-22(44)8-9-37)2-7-18(19)28(34,35)36)11-17(25(42-23)46-13-21(29)30)24(45)39-16-5-3-15(4-6-16)27(31,32)33/h2,7,10-11,15-16,21H,3-6,8,12-13H2,1H3,(H,38,44)(H,39,45)(H,40,41). The highest BCUT2D eigenvalue weighted by Crippen LogP contribution is 2.39. The number of aryl methyl sites for hydroxylation is 1. The van der Waals surface area contributed by atoms with Crippen LogP contribution >= 0.6 is 0 Å². The second-order valence-corrected chi connectivity index (χ2v) is 10.6. The van der Waals surface area contributed by atoms with E-state index in [4.69, 9.17) is 10.00 Å². The van der Waals surface area contributed by atoms with E-state index in [1.54, 1.807) is 6.07 Å². The number of imidazole rings is 1. The largest absolute Gasteiger partial charge is 0.471 e. The molecule has 248 valence electrons. The molecule has 0 bridgehead atoms. The van der Waals surface area contributed by atoms with Gasteiger partial charge in [0.1, 0.15) is 17.5 Å². The van der Waals surface area contributed by atoms with Crippen molar-refractivity contribution in [3.05, 3.63) is 41.0 Å². The molecule has 0 radical (unpaired) electrons. The van der Waals surface area contributed by atoms with Crippen LogP contribution in [0.1, 0.15) is 53.6 Å². The van der Waals surface area contributed by atoms with Crippen LogP contribution in [0, 0.1) is 17.2 Å². The lowest BCUT2D eigenvalue weighted by Crippen LogP contribution is -2.40. The second kappa shape index (κ2) is 13.7. The Bertz CT molecular complexity index is 1620. The van der Waals surface area contributed by atoms with Gasteiger partial charge in [-0.2, -0.15) is 36.6 Å². The molecule has 46 heavy (non-hydrogen) atoms. The van der Waals surface area contributed by atoms with Gasteiger partial charge >= 0.3 is 12.4 Å². The molecule has 1 aliphatic rings. The maximum absolute atomic E-state index is 13.9. The number of fused-ring (bicyclic) bond motifs is 1. The first-order chi connectivity index (χ1) is 21.6. The van der Waals surface area contributed by atoms with Gasteiger partial charge in [-0.3, -0.25) is 14.2 Å². The molecule has 10 nitrogen and oxygen atoms in total. The van der Waals surface area contributed by atoms with Crippen LogP contribution in [0.5, 0.6) is 5.88 Å². The van der Waals surface area contributed by atoms with Crippen LogP contribution in [0.2, 0.25) is 0 Å². The van der Waals surface area contributed by atoms with Crippen LogP contribution < -0.4 is 20.7 Å². The SMILES string of the molecule is Cn1c(Nc2cc(CNC(=O)CC#N)ccc2C(F)(F)F)nc2cc(C(=O)NC3CCC(C(F)(F)F)CC3)c(OCC(F)F)nc21. The predicted octanol–water partition coefficient (Wildman–Crippen LogP) is 5.76. The third kappa shape index (κ3) is 8.31. The Morgan fingerprint density at radius 2 is 1.78 bits per heavy atom. The van der Waals surface area contributed by atoms with Gasteiger partial charge in [-0.25, -0.2) is 13.8 Å². The number of nitrogens with one attached hydrogen (secondary N) is 3.